The lowest BCUT2D eigenvalue weighted by Gasteiger charge is -2.34. The SMILES string of the molecule is CCOc1ccc(C(=O)N(C)C2(C)CCS(=O)(=O)C2)cc1. The molecule has 1 unspecified atom stereocenters. The molecular weight excluding hydrogens is 290 g/mol. The number of rotatable bonds is 4. The van der Waals surface area contributed by atoms with Gasteiger partial charge in [-0.05, 0) is 44.5 Å². The summed E-state index contributed by atoms with van der Waals surface area (Å²) in [5.41, 5.74) is -0.0967. The molecular formula is C15H21NO4S. The van der Waals surface area contributed by atoms with Gasteiger partial charge in [0.15, 0.2) is 9.84 Å². The van der Waals surface area contributed by atoms with Crippen LogP contribution in [0.3, 0.4) is 0 Å². The van der Waals surface area contributed by atoms with Gasteiger partial charge in [0, 0.05) is 12.6 Å². The van der Waals surface area contributed by atoms with Crippen LogP contribution in [0, 0.1) is 0 Å². The molecule has 0 aliphatic carbocycles. The number of hydrogen-bond acceptors (Lipinski definition) is 4. The molecule has 0 bridgehead atoms. The maximum atomic E-state index is 12.5. The van der Waals surface area contributed by atoms with Gasteiger partial charge in [0.25, 0.3) is 5.91 Å². The van der Waals surface area contributed by atoms with Crippen molar-refractivity contribution in [3.05, 3.63) is 29.8 Å². The van der Waals surface area contributed by atoms with Crippen molar-refractivity contribution >= 4 is 15.7 Å². The molecule has 6 heteroatoms. The van der Waals surface area contributed by atoms with Crippen LogP contribution in [-0.2, 0) is 9.84 Å². The van der Waals surface area contributed by atoms with E-state index in [2.05, 4.69) is 0 Å². The Morgan fingerprint density at radius 2 is 1.95 bits per heavy atom. The van der Waals surface area contributed by atoms with E-state index in [1.807, 2.05) is 13.8 Å². The lowest BCUT2D eigenvalue weighted by Crippen LogP contribution is -2.48. The van der Waals surface area contributed by atoms with Crippen LogP contribution in [0.5, 0.6) is 5.75 Å². The molecule has 1 aromatic carbocycles. The molecule has 1 amide bonds. The molecule has 1 heterocycles. The third kappa shape index (κ3) is 3.37. The van der Waals surface area contributed by atoms with Gasteiger partial charge in [-0.15, -0.1) is 0 Å². The van der Waals surface area contributed by atoms with Crippen molar-refractivity contribution in [2.75, 3.05) is 25.2 Å². The second-order valence-electron chi connectivity index (χ2n) is 5.66. The van der Waals surface area contributed by atoms with Crippen LogP contribution in [-0.4, -0.2) is 49.9 Å². The van der Waals surface area contributed by atoms with Crippen LogP contribution in [0.1, 0.15) is 30.6 Å². The van der Waals surface area contributed by atoms with Crippen LogP contribution >= 0.6 is 0 Å². The molecule has 0 saturated carbocycles. The van der Waals surface area contributed by atoms with E-state index in [0.717, 1.165) is 0 Å². The average molecular weight is 311 g/mol. The molecule has 116 valence electrons. The highest BCUT2D eigenvalue weighted by Crippen LogP contribution is 2.29. The summed E-state index contributed by atoms with van der Waals surface area (Å²) < 4.78 is 28.7. The molecule has 5 nitrogen and oxygen atoms in total. The summed E-state index contributed by atoms with van der Waals surface area (Å²) >= 11 is 0. The van der Waals surface area contributed by atoms with E-state index in [1.165, 1.54) is 0 Å². The fourth-order valence-corrected chi connectivity index (χ4v) is 4.74. The van der Waals surface area contributed by atoms with Gasteiger partial charge in [-0.1, -0.05) is 0 Å². The van der Waals surface area contributed by atoms with Crippen molar-refractivity contribution < 1.29 is 17.9 Å². The summed E-state index contributed by atoms with van der Waals surface area (Å²) in [5.74, 6) is 0.716. The summed E-state index contributed by atoms with van der Waals surface area (Å²) in [4.78, 5) is 14.1. The first-order chi connectivity index (χ1) is 9.77. The maximum absolute atomic E-state index is 12.5. The van der Waals surface area contributed by atoms with E-state index in [1.54, 1.807) is 36.2 Å². The Balaban J connectivity index is 2.16. The van der Waals surface area contributed by atoms with Gasteiger partial charge in [-0.25, -0.2) is 8.42 Å². The summed E-state index contributed by atoms with van der Waals surface area (Å²) in [6.45, 7) is 4.29. The highest BCUT2D eigenvalue weighted by molar-refractivity contribution is 7.91. The summed E-state index contributed by atoms with van der Waals surface area (Å²) in [7, 11) is -1.38. The lowest BCUT2D eigenvalue weighted by molar-refractivity contribution is 0.0638. The van der Waals surface area contributed by atoms with Gasteiger partial charge >= 0.3 is 0 Å². The summed E-state index contributed by atoms with van der Waals surface area (Å²) in [6.07, 6.45) is 0.481. The normalized spacial score (nSPS) is 23.8. The molecule has 0 radical (unpaired) electrons. The van der Waals surface area contributed by atoms with Crippen molar-refractivity contribution in [2.45, 2.75) is 25.8 Å². The molecule has 1 fully saturated rings. The summed E-state index contributed by atoms with van der Waals surface area (Å²) in [5, 5.41) is 0. The van der Waals surface area contributed by atoms with Crippen molar-refractivity contribution in [3.8, 4) is 5.75 Å². The number of carbonyl (C=O) groups is 1. The molecule has 0 spiro atoms. The fraction of sp³-hybridized carbons (Fsp3) is 0.533. The minimum absolute atomic E-state index is 0.0271. The zero-order valence-electron chi connectivity index (χ0n) is 12.6. The number of sulfone groups is 1. The molecule has 1 aliphatic heterocycles. The molecule has 0 aromatic heterocycles. The Labute approximate surface area is 125 Å². The quantitative estimate of drug-likeness (QED) is 0.849. The van der Waals surface area contributed by atoms with Crippen molar-refractivity contribution in [2.24, 2.45) is 0 Å². The number of carbonyl (C=O) groups excluding carboxylic acids is 1. The lowest BCUT2D eigenvalue weighted by atomic mass is 9.99. The van der Waals surface area contributed by atoms with Crippen LogP contribution in [0.25, 0.3) is 0 Å². The molecule has 21 heavy (non-hydrogen) atoms. The molecule has 0 N–H and O–H groups in total. The third-order valence-corrected chi connectivity index (χ3v) is 5.90. The van der Waals surface area contributed by atoms with E-state index in [4.69, 9.17) is 4.74 Å². The Hall–Kier alpha value is -1.56. The first kappa shape index (κ1) is 15.8. The van der Waals surface area contributed by atoms with Gasteiger partial charge in [-0.3, -0.25) is 4.79 Å². The number of ether oxygens (including phenoxy) is 1. The Bertz CT molecular complexity index is 624. The predicted molar refractivity (Wildman–Crippen MR) is 81.4 cm³/mol. The minimum Gasteiger partial charge on any atom is -0.494 e. The molecule has 1 aromatic rings. The first-order valence-electron chi connectivity index (χ1n) is 6.99. The van der Waals surface area contributed by atoms with Gasteiger partial charge in [0.2, 0.25) is 0 Å². The smallest absolute Gasteiger partial charge is 0.254 e. The van der Waals surface area contributed by atoms with E-state index in [9.17, 15) is 13.2 Å². The highest BCUT2D eigenvalue weighted by atomic mass is 32.2. The Kier molecular flexibility index (Phi) is 4.27. The Morgan fingerprint density at radius 3 is 2.43 bits per heavy atom. The number of amides is 1. The van der Waals surface area contributed by atoms with Gasteiger partial charge in [-0.2, -0.15) is 0 Å². The van der Waals surface area contributed by atoms with Crippen LogP contribution < -0.4 is 4.74 Å². The fourth-order valence-electron chi connectivity index (χ4n) is 2.56. The Morgan fingerprint density at radius 1 is 1.33 bits per heavy atom. The van der Waals surface area contributed by atoms with Crippen molar-refractivity contribution in [1.82, 2.24) is 4.90 Å². The summed E-state index contributed by atoms with van der Waals surface area (Å²) in [6, 6.07) is 6.91. The molecule has 2 rings (SSSR count). The van der Waals surface area contributed by atoms with Gasteiger partial charge in [0.1, 0.15) is 5.75 Å². The van der Waals surface area contributed by atoms with Crippen LogP contribution in [0.4, 0.5) is 0 Å². The number of hydrogen-bond donors (Lipinski definition) is 0. The predicted octanol–water partition coefficient (Wildman–Crippen LogP) is 1.73. The topological polar surface area (TPSA) is 63.7 Å². The second-order valence-corrected chi connectivity index (χ2v) is 7.84. The van der Waals surface area contributed by atoms with Crippen LogP contribution in [0.15, 0.2) is 24.3 Å². The molecule has 1 atom stereocenters. The monoisotopic (exact) mass is 311 g/mol. The molecule has 1 saturated heterocycles. The van der Waals surface area contributed by atoms with Crippen molar-refractivity contribution in [3.63, 3.8) is 0 Å². The van der Waals surface area contributed by atoms with Crippen molar-refractivity contribution in [1.29, 1.82) is 0 Å². The maximum Gasteiger partial charge on any atom is 0.254 e. The first-order valence-corrected chi connectivity index (χ1v) is 8.81. The minimum atomic E-state index is -3.04. The van der Waals surface area contributed by atoms with E-state index in [0.29, 0.717) is 24.3 Å². The zero-order valence-corrected chi connectivity index (χ0v) is 13.4. The van der Waals surface area contributed by atoms with E-state index >= 15 is 0 Å². The standard InChI is InChI=1S/C15H21NO4S/c1-4-20-13-7-5-12(6-8-13)14(17)16(3)15(2)9-10-21(18,19)11-15/h5-8H,4,9-11H2,1-3H3. The largest absolute Gasteiger partial charge is 0.494 e. The zero-order chi connectivity index (χ0) is 15.7. The highest BCUT2D eigenvalue weighted by Gasteiger charge is 2.43. The number of nitrogens with zero attached hydrogens (tertiary/aromatic N) is 1. The molecule has 1 aliphatic rings. The van der Waals surface area contributed by atoms with Gasteiger partial charge in [0.05, 0.1) is 23.7 Å². The number of benzene rings is 1. The van der Waals surface area contributed by atoms with Crippen LogP contribution in [0.2, 0.25) is 0 Å². The van der Waals surface area contributed by atoms with E-state index < -0.39 is 15.4 Å². The third-order valence-electron chi connectivity index (χ3n) is 4.01. The second kappa shape index (κ2) is 5.67. The van der Waals surface area contributed by atoms with E-state index in [-0.39, 0.29) is 17.4 Å². The van der Waals surface area contributed by atoms with Gasteiger partial charge < -0.3 is 9.64 Å². The average Bonchev–Trinajstić information content (AvgIpc) is 2.73.